The van der Waals surface area contributed by atoms with Gasteiger partial charge in [-0.05, 0) is 18.4 Å². The first kappa shape index (κ1) is 12.6. The normalized spacial score (nSPS) is 23.3. The Morgan fingerprint density at radius 2 is 2.00 bits per heavy atom. The Hall–Kier alpha value is -1.85. The lowest BCUT2D eigenvalue weighted by Crippen LogP contribution is -2.11. The molecule has 0 spiro atoms. The summed E-state index contributed by atoms with van der Waals surface area (Å²) in [6.07, 6.45) is -1.30. The molecule has 6 heteroatoms. The van der Waals surface area contributed by atoms with Crippen molar-refractivity contribution in [3.63, 3.8) is 0 Å². The van der Waals surface area contributed by atoms with Crippen LogP contribution in [0.25, 0.3) is 6.08 Å². The zero-order chi connectivity index (χ0) is 13.3. The standard InChI is InChI=1S/C12H10F3NO2/c13-12(14,15)10-7-9(10)6-5-8-3-1-2-4-11(8)16(17)18/h1-6,9-10H,7H2/b6-5+/t9-,10-/m1/s1. The maximum atomic E-state index is 12.3. The van der Waals surface area contributed by atoms with Crippen LogP contribution in [0.5, 0.6) is 0 Å². The number of nitrogens with zero attached hydrogens (tertiary/aromatic N) is 1. The van der Waals surface area contributed by atoms with E-state index in [1.165, 1.54) is 30.4 Å². The van der Waals surface area contributed by atoms with E-state index in [2.05, 4.69) is 0 Å². The molecule has 2 atom stereocenters. The van der Waals surface area contributed by atoms with Crippen LogP contribution in [0.3, 0.4) is 0 Å². The number of hydrogen-bond acceptors (Lipinski definition) is 2. The highest BCUT2D eigenvalue weighted by atomic mass is 19.4. The molecule has 1 aromatic rings. The molecule has 0 bridgehead atoms. The number of rotatable bonds is 3. The monoisotopic (exact) mass is 257 g/mol. The highest BCUT2D eigenvalue weighted by molar-refractivity contribution is 5.61. The summed E-state index contributed by atoms with van der Waals surface area (Å²) in [6, 6.07) is 5.97. The maximum Gasteiger partial charge on any atom is 0.392 e. The Balaban J connectivity index is 2.10. The highest BCUT2D eigenvalue weighted by Gasteiger charge is 2.54. The van der Waals surface area contributed by atoms with Crippen molar-refractivity contribution in [3.8, 4) is 0 Å². The molecule has 96 valence electrons. The van der Waals surface area contributed by atoms with Crippen molar-refractivity contribution in [2.75, 3.05) is 0 Å². The minimum absolute atomic E-state index is 0.0701. The second-order valence-corrected chi connectivity index (χ2v) is 4.22. The van der Waals surface area contributed by atoms with Gasteiger partial charge in [0.15, 0.2) is 0 Å². The molecular weight excluding hydrogens is 247 g/mol. The molecule has 0 aromatic heterocycles. The second-order valence-electron chi connectivity index (χ2n) is 4.22. The fraction of sp³-hybridized carbons (Fsp3) is 0.333. The summed E-state index contributed by atoms with van der Waals surface area (Å²) >= 11 is 0. The van der Waals surface area contributed by atoms with Gasteiger partial charge in [-0.15, -0.1) is 0 Å². The average Bonchev–Trinajstić information content (AvgIpc) is 3.05. The third kappa shape index (κ3) is 2.69. The number of alkyl halides is 3. The summed E-state index contributed by atoms with van der Waals surface area (Å²) in [5.74, 6) is -1.85. The number of benzene rings is 1. The first-order valence-corrected chi connectivity index (χ1v) is 5.38. The van der Waals surface area contributed by atoms with Crippen molar-refractivity contribution in [1.29, 1.82) is 0 Å². The molecule has 1 saturated carbocycles. The molecule has 0 heterocycles. The van der Waals surface area contributed by atoms with Crippen molar-refractivity contribution in [3.05, 3.63) is 46.0 Å². The average molecular weight is 257 g/mol. The summed E-state index contributed by atoms with van der Waals surface area (Å²) in [7, 11) is 0. The Morgan fingerprint density at radius 3 is 2.56 bits per heavy atom. The molecule has 0 amide bonds. The molecule has 18 heavy (non-hydrogen) atoms. The number of allylic oxidation sites excluding steroid dienone is 1. The van der Waals surface area contributed by atoms with Gasteiger partial charge in [-0.2, -0.15) is 13.2 Å². The van der Waals surface area contributed by atoms with E-state index < -0.39 is 22.9 Å². The van der Waals surface area contributed by atoms with E-state index in [1.807, 2.05) is 0 Å². The molecule has 1 aliphatic carbocycles. The predicted molar refractivity (Wildman–Crippen MR) is 59.8 cm³/mol. The lowest BCUT2D eigenvalue weighted by atomic mass is 10.1. The molecule has 0 N–H and O–H groups in total. The Labute approximate surface area is 101 Å². The van der Waals surface area contributed by atoms with Crippen LogP contribution >= 0.6 is 0 Å². The Morgan fingerprint density at radius 1 is 1.33 bits per heavy atom. The van der Waals surface area contributed by atoms with E-state index in [1.54, 1.807) is 6.07 Å². The van der Waals surface area contributed by atoms with Gasteiger partial charge in [-0.25, -0.2) is 0 Å². The van der Waals surface area contributed by atoms with Crippen LogP contribution in [-0.4, -0.2) is 11.1 Å². The summed E-state index contributed by atoms with van der Waals surface area (Å²) < 4.78 is 36.8. The summed E-state index contributed by atoms with van der Waals surface area (Å²) in [5.41, 5.74) is 0.230. The lowest BCUT2D eigenvalue weighted by Gasteiger charge is -2.02. The van der Waals surface area contributed by atoms with Gasteiger partial charge in [-0.3, -0.25) is 10.1 Å². The van der Waals surface area contributed by atoms with Gasteiger partial charge in [0.2, 0.25) is 0 Å². The van der Waals surface area contributed by atoms with Crippen LogP contribution < -0.4 is 0 Å². The number of hydrogen-bond donors (Lipinski definition) is 0. The van der Waals surface area contributed by atoms with Gasteiger partial charge >= 0.3 is 6.18 Å². The minimum Gasteiger partial charge on any atom is -0.258 e. The van der Waals surface area contributed by atoms with Crippen molar-refractivity contribution >= 4 is 11.8 Å². The third-order valence-corrected chi connectivity index (χ3v) is 2.92. The maximum absolute atomic E-state index is 12.3. The summed E-state index contributed by atoms with van der Waals surface area (Å²) in [6.45, 7) is 0. The topological polar surface area (TPSA) is 43.1 Å². The molecule has 1 aliphatic rings. The highest BCUT2D eigenvalue weighted by Crippen LogP contribution is 2.51. The Bertz CT molecular complexity index is 496. The van der Waals surface area contributed by atoms with Crippen molar-refractivity contribution in [2.45, 2.75) is 12.6 Å². The zero-order valence-electron chi connectivity index (χ0n) is 9.22. The minimum atomic E-state index is -4.17. The van der Waals surface area contributed by atoms with Gasteiger partial charge in [0.05, 0.1) is 16.4 Å². The lowest BCUT2D eigenvalue weighted by molar-refractivity contribution is -0.385. The second kappa shape index (κ2) is 4.44. The van der Waals surface area contributed by atoms with Gasteiger partial charge < -0.3 is 0 Å². The summed E-state index contributed by atoms with van der Waals surface area (Å²) in [5, 5.41) is 10.7. The van der Waals surface area contributed by atoms with Crippen LogP contribution in [0.4, 0.5) is 18.9 Å². The van der Waals surface area contributed by atoms with E-state index in [9.17, 15) is 23.3 Å². The molecule has 0 unspecified atom stereocenters. The van der Waals surface area contributed by atoms with Crippen LogP contribution in [0.15, 0.2) is 30.3 Å². The van der Waals surface area contributed by atoms with Crippen LogP contribution in [0, 0.1) is 22.0 Å². The predicted octanol–water partition coefficient (Wildman–Crippen LogP) is 3.81. The van der Waals surface area contributed by atoms with Crippen LogP contribution in [0.1, 0.15) is 12.0 Å². The first-order chi connectivity index (χ1) is 8.39. The molecule has 0 radical (unpaired) electrons. The van der Waals surface area contributed by atoms with Crippen LogP contribution in [-0.2, 0) is 0 Å². The van der Waals surface area contributed by atoms with Crippen LogP contribution in [0.2, 0.25) is 0 Å². The Kier molecular flexibility index (Phi) is 3.11. The molecular formula is C12H10F3NO2. The zero-order valence-corrected chi connectivity index (χ0v) is 9.22. The third-order valence-electron chi connectivity index (χ3n) is 2.92. The molecule has 1 fully saturated rings. The number of para-hydroxylation sites is 1. The van der Waals surface area contributed by atoms with Crippen molar-refractivity contribution in [2.24, 2.45) is 11.8 Å². The van der Waals surface area contributed by atoms with E-state index in [4.69, 9.17) is 0 Å². The smallest absolute Gasteiger partial charge is 0.258 e. The fourth-order valence-electron chi connectivity index (χ4n) is 1.83. The fourth-order valence-corrected chi connectivity index (χ4v) is 1.83. The number of halogens is 3. The molecule has 1 aromatic carbocycles. The summed E-state index contributed by atoms with van der Waals surface area (Å²) in [4.78, 5) is 10.1. The largest absolute Gasteiger partial charge is 0.392 e. The molecule has 0 saturated heterocycles. The quantitative estimate of drug-likeness (QED) is 0.610. The number of nitro benzene ring substituents is 1. The van der Waals surface area contributed by atoms with E-state index in [-0.39, 0.29) is 12.1 Å². The molecule has 3 nitrogen and oxygen atoms in total. The SMILES string of the molecule is O=[N+]([O-])c1ccccc1/C=C/[C@@H]1C[C@H]1C(F)(F)F. The first-order valence-electron chi connectivity index (χ1n) is 5.38. The van der Waals surface area contributed by atoms with Gasteiger partial charge in [0, 0.05) is 6.07 Å². The van der Waals surface area contributed by atoms with Gasteiger partial charge in [0.1, 0.15) is 0 Å². The van der Waals surface area contributed by atoms with Crippen molar-refractivity contribution < 1.29 is 18.1 Å². The molecule has 2 rings (SSSR count). The number of nitro groups is 1. The van der Waals surface area contributed by atoms with E-state index in [0.717, 1.165) is 0 Å². The van der Waals surface area contributed by atoms with E-state index in [0.29, 0.717) is 5.56 Å². The van der Waals surface area contributed by atoms with Gasteiger partial charge in [-0.1, -0.05) is 24.3 Å². The van der Waals surface area contributed by atoms with Crippen molar-refractivity contribution in [1.82, 2.24) is 0 Å². The van der Waals surface area contributed by atoms with E-state index >= 15 is 0 Å². The van der Waals surface area contributed by atoms with Gasteiger partial charge in [0.25, 0.3) is 5.69 Å². The molecule has 0 aliphatic heterocycles.